The number of carboxylic acid groups (broad SMARTS) is 1. The van der Waals surface area contributed by atoms with E-state index in [1.165, 1.54) is 186 Å². The van der Waals surface area contributed by atoms with Crippen LogP contribution in [-0.2, 0) is 9.59 Å². The summed E-state index contributed by atoms with van der Waals surface area (Å²) in [5, 5.41) is 8.55. The normalized spacial score (nSPS) is 12.7. The van der Waals surface area contributed by atoms with Gasteiger partial charge in [-0.2, -0.15) is 0 Å². The van der Waals surface area contributed by atoms with Crippen LogP contribution >= 0.6 is 0 Å². The molecule has 0 aromatic carbocycles. The molecule has 0 heterocycles. The highest BCUT2D eigenvalue weighted by atomic mass is 16.4. The minimum atomic E-state index is -0.789. The van der Waals surface area contributed by atoms with E-state index in [0.717, 1.165) is 32.1 Å². The van der Waals surface area contributed by atoms with Crippen molar-refractivity contribution in [2.45, 2.75) is 257 Å². The summed E-state index contributed by atoms with van der Waals surface area (Å²) >= 11 is 0. The van der Waals surface area contributed by atoms with Crippen LogP contribution < -0.4 is 11.5 Å². The van der Waals surface area contributed by atoms with E-state index in [4.69, 9.17) is 16.6 Å². The SMILES string of the molecule is CCCCCCCC/C=C\CCCCCCCCCCC(N)(CC)C(N)=O.CCCCCCCC/C=C\CCCCCCCCCCCC(=O)O. The van der Waals surface area contributed by atoms with Gasteiger partial charge in [0.05, 0.1) is 5.54 Å². The molecule has 1 amide bonds. The zero-order valence-electron chi connectivity index (χ0n) is 34.7. The van der Waals surface area contributed by atoms with E-state index in [9.17, 15) is 9.59 Å². The number of hydrogen-bond donors (Lipinski definition) is 3. The van der Waals surface area contributed by atoms with Gasteiger partial charge in [0.15, 0.2) is 0 Å². The van der Waals surface area contributed by atoms with E-state index in [2.05, 4.69) is 38.2 Å². The van der Waals surface area contributed by atoms with Gasteiger partial charge in [0.1, 0.15) is 0 Å². The van der Waals surface area contributed by atoms with E-state index >= 15 is 0 Å². The Morgan fingerprint density at radius 1 is 0.451 bits per heavy atom. The maximum absolute atomic E-state index is 11.4. The molecule has 0 bridgehead atoms. The predicted molar refractivity (Wildman–Crippen MR) is 225 cm³/mol. The lowest BCUT2D eigenvalue weighted by Gasteiger charge is -2.23. The van der Waals surface area contributed by atoms with Crippen LogP contribution in [0.1, 0.15) is 252 Å². The van der Waals surface area contributed by atoms with E-state index < -0.39 is 11.5 Å². The molecule has 0 saturated heterocycles. The van der Waals surface area contributed by atoms with Crippen LogP contribution in [0.4, 0.5) is 0 Å². The number of unbranched alkanes of at least 4 members (excludes halogenated alkanes) is 29. The molecular formula is C46H90N2O3. The Bertz CT molecular complexity index is 780. The third-order valence-corrected chi connectivity index (χ3v) is 10.4. The van der Waals surface area contributed by atoms with Crippen molar-refractivity contribution >= 4 is 11.9 Å². The molecule has 302 valence electrons. The van der Waals surface area contributed by atoms with Crippen molar-refractivity contribution in [3.8, 4) is 0 Å². The van der Waals surface area contributed by atoms with E-state index in [1.54, 1.807) is 0 Å². The second-order valence-corrected chi connectivity index (χ2v) is 15.4. The van der Waals surface area contributed by atoms with Gasteiger partial charge in [-0.15, -0.1) is 0 Å². The van der Waals surface area contributed by atoms with E-state index in [1.807, 2.05) is 6.92 Å². The number of carbonyl (C=O) groups is 2. The fourth-order valence-electron chi connectivity index (χ4n) is 6.57. The van der Waals surface area contributed by atoms with Gasteiger partial charge in [0.25, 0.3) is 0 Å². The Labute approximate surface area is 319 Å². The fourth-order valence-corrected chi connectivity index (χ4v) is 6.57. The lowest BCUT2D eigenvalue weighted by Crippen LogP contribution is -2.51. The van der Waals surface area contributed by atoms with Crippen molar-refractivity contribution in [1.82, 2.24) is 0 Å². The van der Waals surface area contributed by atoms with Crippen molar-refractivity contribution in [1.29, 1.82) is 0 Å². The first-order chi connectivity index (χ1) is 24.8. The standard InChI is InChI=1S/C24H48N2O.C22H42O2/c1-3-5-6-7-8-9-10-11-12-13-14-15-16-17-18-19-20-21-22-24(26,4-2)23(25)27;1-2-3-4-5-6-7-8-9-10-11-12-13-14-15-16-17-18-19-20-21-22(23)24/h11-12H,3-10,13-22,26H2,1-2H3,(H2,25,27);9-10H,2-8,11-21H2,1H3,(H,23,24)/b12-11-;10-9-. The zero-order valence-corrected chi connectivity index (χ0v) is 34.7. The summed E-state index contributed by atoms with van der Waals surface area (Å²) in [5.41, 5.74) is 10.6. The second kappa shape index (κ2) is 42.8. The van der Waals surface area contributed by atoms with Crippen molar-refractivity contribution in [2.24, 2.45) is 11.5 Å². The number of amides is 1. The molecule has 5 heteroatoms. The Morgan fingerprint density at radius 3 is 1.00 bits per heavy atom. The Hall–Kier alpha value is -1.62. The van der Waals surface area contributed by atoms with Crippen molar-refractivity contribution in [3.63, 3.8) is 0 Å². The average molecular weight is 719 g/mol. The van der Waals surface area contributed by atoms with Gasteiger partial charge >= 0.3 is 5.97 Å². The molecule has 0 rings (SSSR count). The first-order valence-corrected chi connectivity index (χ1v) is 22.4. The molecule has 51 heavy (non-hydrogen) atoms. The molecule has 0 radical (unpaired) electrons. The molecule has 5 N–H and O–H groups in total. The number of carbonyl (C=O) groups excluding carboxylic acids is 1. The molecule has 1 unspecified atom stereocenters. The number of hydrogen-bond acceptors (Lipinski definition) is 3. The average Bonchev–Trinajstić information content (AvgIpc) is 3.12. The molecule has 0 saturated carbocycles. The number of nitrogens with two attached hydrogens (primary N) is 2. The quantitative estimate of drug-likeness (QED) is 0.0434. The zero-order chi connectivity index (χ0) is 37.9. The number of allylic oxidation sites excluding steroid dienone is 4. The van der Waals surface area contributed by atoms with Crippen molar-refractivity contribution in [3.05, 3.63) is 24.3 Å². The third-order valence-electron chi connectivity index (χ3n) is 10.4. The molecule has 0 aliphatic heterocycles. The van der Waals surface area contributed by atoms with Crippen LogP contribution in [0.3, 0.4) is 0 Å². The maximum atomic E-state index is 11.4. The number of primary amides is 1. The summed E-state index contributed by atoms with van der Waals surface area (Å²) in [7, 11) is 0. The van der Waals surface area contributed by atoms with E-state index in [-0.39, 0.29) is 5.91 Å². The van der Waals surface area contributed by atoms with Gasteiger partial charge < -0.3 is 16.6 Å². The maximum Gasteiger partial charge on any atom is 0.303 e. The molecule has 0 aliphatic carbocycles. The predicted octanol–water partition coefficient (Wildman–Crippen LogP) is 14.5. The summed E-state index contributed by atoms with van der Waals surface area (Å²) < 4.78 is 0. The van der Waals surface area contributed by atoms with Crippen LogP contribution in [0.5, 0.6) is 0 Å². The Morgan fingerprint density at radius 2 is 0.725 bits per heavy atom. The summed E-state index contributed by atoms with van der Waals surface area (Å²) in [6, 6.07) is 0. The highest BCUT2D eigenvalue weighted by Gasteiger charge is 2.28. The van der Waals surface area contributed by atoms with Crippen LogP contribution in [0.25, 0.3) is 0 Å². The molecule has 1 atom stereocenters. The smallest absolute Gasteiger partial charge is 0.303 e. The van der Waals surface area contributed by atoms with E-state index in [0.29, 0.717) is 12.8 Å². The van der Waals surface area contributed by atoms with Crippen molar-refractivity contribution < 1.29 is 14.7 Å². The number of aliphatic carboxylic acids is 1. The molecule has 0 aromatic rings. The molecule has 5 nitrogen and oxygen atoms in total. The van der Waals surface area contributed by atoms with Crippen LogP contribution in [0.2, 0.25) is 0 Å². The minimum absolute atomic E-state index is 0.340. The second-order valence-electron chi connectivity index (χ2n) is 15.4. The first-order valence-electron chi connectivity index (χ1n) is 22.4. The van der Waals surface area contributed by atoms with Gasteiger partial charge in [-0.05, 0) is 70.6 Å². The van der Waals surface area contributed by atoms with Crippen LogP contribution in [-0.4, -0.2) is 22.5 Å². The fraction of sp³-hybridized carbons (Fsp3) is 0.870. The Balaban J connectivity index is 0. The number of carboxylic acids is 1. The van der Waals surface area contributed by atoms with Crippen molar-refractivity contribution in [2.75, 3.05) is 0 Å². The van der Waals surface area contributed by atoms with Crippen LogP contribution in [0, 0.1) is 0 Å². The topological polar surface area (TPSA) is 106 Å². The highest BCUT2D eigenvalue weighted by molar-refractivity contribution is 5.84. The monoisotopic (exact) mass is 719 g/mol. The summed E-state index contributed by atoms with van der Waals surface area (Å²) in [5.74, 6) is -1.01. The lowest BCUT2D eigenvalue weighted by atomic mass is 9.89. The molecule has 0 fully saturated rings. The van der Waals surface area contributed by atoms with Gasteiger partial charge in [0.2, 0.25) is 5.91 Å². The lowest BCUT2D eigenvalue weighted by molar-refractivity contribution is -0.137. The molecule has 0 spiro atoms. The molecule has 0 aliphatic rings. The van der Waals surface area contributed by atoms with Gasteiger partial charge in [-0.1, -0.05) is 199 Å². The first kappa shape index (κ1) is 51.5. The van der Waals surface area contributed by atoms with Gasteiger partial charge in [-0.25, -0.2) is 0 Å². The van der Waals surface area contributed by atoms with Gasteiger partial charge in [-0.3, -0.25) is 9.59 Å². The summed E-state index contributed by atoms with van der Waals surface area (Å²) in [6.07, 6.45) is 54.2. The van der Waals surface area contributed by atoms with Crippen LogP contribution in [0.15, 0.2) is 24.3 Å². The summed E-state index contributed by atoms with van der Waals surface area (Å²) in [6.45, 7) is 6.48. The Kier molecular flexibility index (Phi) is 43.2. The molecule has 0 aromatic heterocycles. The molecular weight excluding hydrogens is 629 g/mol. The van der Waals surface area contributed by atoms with Gasteiger partial charge in [0, 0.05) is 6.42 Å². The minimum Gasteiger partial charge on any atom is -0.481 e. The third kappa shape index (κ3) is 42.7. The number of rotatable bonds is 39. The highest BCUT2D eigenvalue weighted by Crippen LogP contribution is 2.18. The largest absolute Gasteiger partial charge is 0.481 e. The summed E-state index contributed by atoms with van der Waals surface area (Å²) in [4.78, 5) is 21.7.